The predicted molar refractivity (Wildman–Crippen MR) is 123 cm³/mol. The SMILES string of the molecule is O=C(O)CCCCCN1C(=O)C(=O)C(=C(O)c2ccc(Br)cc2)C1c1ccc(Br)cc1. The molecule has 1 amide bonds. The monoisotopic (exact) mass is 549 g/mol. The van der Waals surface area contributed by atoms with Crippen LogP contribution in [0, 0.1) is 0 Å². The van der Waals surface area contributed by atoms with Crippen LogP contribution in [0.2, 0.25) is 0 Å². The van der Waals surface area contributed by atoms with E-state index in [9.17, 15) is 19.5 Å². The van der Waals surface area contributed by atoms with Gasteiger partial charge in [0, 0.05) is 27.5 Å². The van der Waals surface area contributed by atoms with E-state index >= 15 is 0 Å². The van der Waals surface area contributed by atoms with Crippen LogP contribution in [0.15, 0.2) is 63.0 Å². The number of Topliss-reactive ketones (excluding diaryl/α,β-unsaturated/α-hetero) is 1. The van der Waals surface area contributed by atoms with Crippen LogP contribution in [-0.4, -0.2) is 39.3 Å². The number of nitrogens with zero attached hydrogens (tertiary/aromatic N) is 1. The molecule has 31 heavy (non-hydrogen) atoms. The number of likely N-dealkylation sites (tertiary alicyclic amines) is 1. The van der Waals surface area contributed by atoms with Gasteiger partial charge in [0.1, 0.15) is 5.76 Å². The van der Waals surface area contributed by atoms with Gasteiger partial charge in [-0.05, 0) is 42.7 Å². The number of unbranched alkanes of at least 4 members (excludes halogenated alkanes) is 2. The summed E-state index contributed by atoms with van der Waals surface area (Å²) in [6.45, 7) is 0.294. The third-order valence-electron chi connectivity index (χ3n) is 5.13. The number of carboxylic acid groups (broad SMARTS) is 1. The fourth-order valence-corrected chi connectivity index (χ4v) is 4.13. The first-order valence-electron chi connectivity index (χ1n) is 9.81. The maximum absolute atomic E-state index is 12.9. The zero-order valence-corrected chi connectivity index (χ0v) is 19.7. The molecule has 1 aliphatic rings. The largest absolute Gasteiger partial charge is 0.507 e. The summed E-state index contributed by atoms with van der Waals surface area (Å²) in [7, 11) is 0. The van der Waals surface area contributed by atoms with Crippen molar-refractivity contribution >= 4 is 55.3 Å². The van der Waals surface area contributed by atoms with Crippen molar-refractivity contribution in [3.63, 3.8) is 0 Å². The molecular formula is C23H21Br2NO5. The minimum atomic E-state index is -0.857. The second-order valence-electron chi connectivity index (χ2n) is 7.26. The molecule has 6 nitrogen and oxygen atoms in total. The average Bonchev–Trinajstić information content (AvgIpc) is 2.99. The molecule has 0 spiro atoms. The molecule has 1 unspecified atom stereocenters. The molecule has 0 aliphatic carbocycles. The van der Waals surface area contributed by atoms with Crippen LogP contribution in [-0.2, 0) is 14.4 Å². The lowest BCUT2D eigenvalue weighted by Gasteiger charge is -2.25. The number of halogens is 2. The fourth-order valence-electron chi connectivity index (χ4n) is 3.60. The summed E-state index contributed by atoms with van der Waals surface area (Å²) in [5.41, 5.74) is 1.22. The van der Waals surface area contributed by atoms with Gasteiger partial charge < -0.3 is 15.1 Å². The Bertz CT molecular complexity index is 1020. The normalized spacial score (nSPS) is 17.9. The van der Waals surface area contributed by atoms with Crippen molar-refractivity contribution in [3.8, 4) is 0 Å². The molecule has 1 heterocycles. The highest BCUT2D eigenvalue weighted by Crippen LogP contribution is 2.40. The molecule has 0 radical (unpaired) electrons. The Kier molecular flexibility index (Phi) is 7.67. The second kappa shape index (κ2) is 10.2. The standard InChI is InChI=1S/C23H21Br2NO5/c24-16-9-5-14(6-10-16)20-19(21(29)15-7-11-17(25)12-8-15)22(30)23(31)26(20)13-3-1-2-4-18(27)28/h5-12,20,29H,1-4,13H2,(H,27,28). The molecule has 0 bridgehead atoms. The Hall–Kier alpha value is -2.45. The van der Waals surface area contributed by atoms with E-state index in [1.165, 1.54) is 4.90 Å². The topological polar surface area (TPSA) is 94.9 Å². The first-order valence-corrected chi connectivity index (χ1v) is 11.4. The molecule has 1 saturated heterocycles. The maximum Gasteiger partial charge on any atom is 0.303 e. The lowest BCUT2D eigenvalue weighted by molar-refractivity contribution is -0.140. The Morgan fingerprint density at radius 3 is 2.03 bits per heavy atom. The molecule has 2 aromatic carbocycles. The van der Waals surface area contributed by atoms with Crippen LogP contribution >= 0.6 is 31.9 Å². The quantitative estimate of drug-likeness (QED) is 0.202. The first-order chi connectivity index (χ1) is 14.8. The smallest absolute Gasteiger partial charge is 0.303 e. The van der Waals surface area contributed by atoms with Crippen LogP contribution in [0.5, 0.6) is 0 Å². The lowest BCUT2D eigenvalue weighted by atomic mass is 9.95. The molecule has 0 aromatic heterocycles. The Morgan fingerprint density at radius 1 is 0.871 bits per heavy atom. The minimum Gasteiger partial charge on any atom is -0.507 e. The van der Waals surface area contributed by atoms with Gasteiger partial charge in [-0.2, -0.15) is 0 Å². The summed E-state index contributed by atoms with van der Waals surface area (Å²) in [6, 6.07) is 13.4. The number of aliphatic carboxylic acids is 1. The lowest BCUT2D eigenvalue weighted by Crippen LogP contribution is -2.30. The number of hydrogen-bond donors (Lipinski definition) is 2. The van der Waals surface area contributed by atoms with Crippen LogP contribution in [0.1, 0.15) is 42.9 Å². The van der Waals surface area contributed by atoms with E-state index < -0.39 is 23.7 Å². The van der Waals surface area contributed by atoms with Gasteiger partial charge in [0.05, 0.1) is 11.6 Å². The average molecular weight is 551 g/mol. The molecule has 3 rings (SSSR count). The number of benzene rings is 2. The van der Waals surface area contributed by atoms with Gasteiger partial charge in [0.25, 0.3) is 11.7 Å². The number of aliphatic hydroxyl groups is 1. The number of carbonyl (C=O) groups excluding carboxylic acids is 2. The van der Waals surface area contributed by atoms with Crippen LogP contribution in [0.25, 0.3) is 5.76 Å². The number of amides is 1. The fraction of sp³-hybridized carbons (Fsp3) is 0.261. The van der Waals surface area contributed by atoms with E-state index in [1.54, 1.807) is 24.3 Å². The number of rotatable bonds is 8. The Balaban J connectivity index is 1.96. The number of carbonyl (C=O) groups is 3. The van der Waals surface area contributed by atoms with Crippen molar-refractivity contribution in [1.29, 1.82) is 0 Å². The summed E-state index contributed by atoms with van der Waals surface area (Å²) in [6.07, 6.45) is 1.75. The number of ketones is 1. The summed E-state index contributed by atoms with van der Waals surface area (Å²) < 4.78 is 1.69. The molecule has 1 aliphatic heterocycles. The van der Waals surface area contributed by atoms with Gasteiger partial charge in [-0.1, -0.05) is 62.5 Å². The number of aliphatic hydroxyl groups excluding tert-OH is 1. The zero-order chi connectivity index (χ0) is 22.5. The third kappa shape index (κ3) is 5.43. The molecule has 1 atom stereocenters. The number of hydrogen-bond acceptors (Lipinski definition) is 4. The summed E-state index contributed by atoms with van der Waals surface area (Å²) >= 11 is 6.74. The van der Waals surface area contributed by atoms with E-state index in [1.807, 2.05) is 24.3 Å². The van der Waals surface area contributed by atoms with Crippen molar-refractivity contribution in [2.75, 3.05) is 6.54 Å². The van der Waals surface area contributed by atoms with E-state index in [4.69, 9.17) is 5.11 Å². The molecule has 0 saturated carbocycles. The van der Waals surface area contributed by atoms with Gasteiger partial charge in [0.15, 0.2) is 0 Å². The highest BCUT2D eigenvalue weighted by atomic mass is 79.9. The second-order valence-corrected chi connectivity index (χ2v) is 9.09. The highest BCUT2D eigenvalue weighted by molar-refractivity contribution is 9.10. The Labute approximate surface area is 196 Å². The van der Waals surface area contributed by atoms with Crippen molar-refractivity contribution in [1.82, 2.24) is 4.90 Å². The highest BCUT2D eigenvalue weighted by Gasteiger charge is 2.45. The van der Waals surface area contributed by atoms with Gasteiger partial charge in [0.2, 0.25) is 0 Å². The van der Waals surface area contributed by atoms with E-state index in [-0.39, 0.29) is 17.8 Å². The van der Waals surface area contributed by atoms with Gasteiger partial charge >= 0.3 is 5.97 Å². The van der Waals surface area contributed by atoms with Crippen molar-refractivity contribution in [2.45, 2.75) is 31.7 Å². The van der Waals surface area contributed by atoms with E-state index in [0.29, 0.717) is 36.9 Å². The van der Waals surface area contributed by atoms with Gasteiger partial charge in [-0.15, -0.1) is 0 Å². The maximum atomic E-state index is 12.9. The zero-order valence-electron chi connectivity index (χ0n) is 16.6. The summed E-state index contributed by atoms with van der Waals surface area (Å²) in [5, 5.41) is 19.7. The molecule has 162 valence electrons. The van der Waals surface area contributed by atoms with E-state index in [0.717, 1.165) is 8.95 Å². The first kappa shape index (κ1) is 23.2. The van der Waals surface area contributed by atoms with Gasteiger partial charge in [-0.3, -0.25) is 14.4 Å². The minimum absolute atomic E-state index is 0.0557. The van der Waals surface area contributed by atoms with Crippen LogP contribution < -0.4 is 0 Å². The van der Waals surface area contributed by atoms with Crippen LogP contribution in [0.4, 0.5) is 0 Å². The predicted octanol–water partition coefficient (Wildman–Crippen LogP) is 5.28. The summed E-state index contributed by atoms with van der Waals surface area (Å²) in [5.74, 6) is -2.46. The van der Waals surface area contributed by atoms with Crippen molar-refractivity contribution in [2.24, 2.45) is 0 Å². The van der Waals surface area contributed by atoms with E-state index in [2.05, 4.69) is 31.9 Å². The molecule has 1 fully saturated rings. The number of carboxylic acids is 1. The third-order valence-corrected chi connectivity index (χ3v) is 6.19. The van der Waals surface area contributed by atoms with Crippen molar-refractivity contribution < 1.29 is 24.6 Å². The molecular weight excluding hydrogens is 530 g/mol. The Morgan fingerprint density at radius 2 is 1.45 bits per heavy atom. The molecule has 2 N–H and O–H groups in total. The van der Waals surface area contributed by atoms with Gasteiger partial charge in [-0.25, -0.2) is 0 Å². The van der Waals surface area contributed by atoms with Crippen LogP contribution in [0.3, 0.4) is 0 Å². The summed E-state index contributed by atoms with van der Waals surface area (Å²) in [4.78, 5) is 37.9. The molecule has 8 heteroatoms. The molecule has 2 aromatic rings. The van der Waals surface area contributed by atoms with Crippen molar-refractivity contribution in [3.05, 3.63) is 74.2 Å².